The Morgan fingerprint density at radius 2 is 0.727 bits per heavy atom. The van der Waals surface area contributed by atoms with Crippen LogP contribution in [0.2, 0.25) is 0 Å². The molecule has 0 bridgehead atoms. The summed E-state index contributed by atoms with van der Waals surface area (Å²) in [4.78, 5) is 0. The summed E-state index contributed by atoms with van der Waals surface area (Å²) in [5.74, 6) is 12.2. The van der Waals surface area contributed by atoms with Crippen molar-refractivity contribution in [2.24, 2.45) is 0 Å². The first kappa shape index (κ1) is 28.7. The molecule has 4 nitrogen and oxygen atoms in total. The minimum absolute atomic E-state index is 0.424. The Morgan fingerprint density at radius 1 is 0.364 bits per heavy atom. The lowest BCUT2D eigenvalue weighted by atomic mass is 9.92. The van der Waals surface area contributed by atoms with Gasteiger partial charge in [0, 0.05) is 22.3 Å². The zero-order chi connectivity index (χ0) is 30.7. The molecule has 0 N–H and O–H groups in total. The van der Waals surface area contributed by atoms with Gasteiger partial charge in [0.25, 0.3) is 0 Å². The molecule has 0 radical (unpaired) electrons. The fourth-order valence-corrected chi connectivity index (χ4v) is 4.72. The van der Waals surface area contributed by atoms with Crippen LogP contribution in [0.3, 0.4) is 0 Å². The first-order valence-electron chi connectivity index (χ1n) is 13.8. The Kier molecular flexibility index (Phi) is 8.93. The van der Waals surface area contributed by atoms with Crippen LogP contribution in [0, 0.1) is 69.0 Å². The topological polar surface area (TPSA) is 95.2 Å². The van der Waals surface area contributed by atoms with Gasteiger partial charge in [0.1, 0.15) is 12.1 Å². The normalized spacial score (nSPS) is 9.55. The number of nitriles is 4. The number of rotatable bonds is 4. The molecule has 5 aromatic rings. The second kappa shape index (κ2) is 13.7. The molecule has 44 heavy (non-hydrogen) atoms. The Bertz CT molecular complexity index is 1990. The summed E-state index contributed by atoms with van der Waals surface area (Å²) >= 11 is 0. The molecule has 0 saturated carbocycles. The van der Waals surface area contributed by atoms with Crippen molar-refractivity contribution in [2.45, 2.75) is 12.8 Å². The lowest BCUT2D eigenvalue weighted by Gasteiger charge is -2.10. The lowest BCUT2D eigenvalue weighted by Crippen LogP contribution is -1.99. The predicted molar refractivity (Wildman–Crippen MR) is 169 cm³/mol. The predicted octanol–water partition coefficient (Wildman–Crippen LogP) is 7.15. The molecule has 0 amide bonds. The van der Waals surface area contributed by atoms with E-state index in [2.05, 4.69) is 48.0 Å². The minimum atomic E-state index is 0.424. The number of hydrogen-bond acceptors (Lipinski definition) is 4. The highest BCUT2D eigenvalue weighted by atomic mass is 14.3. The van der Waals surface area contributed by atoms with E-state index in [0.29, 0.717) is 46.2 Å². The van der Waals surface area contributed by atoms with Crippen molar-refractivity contribution >= 4 is 0 Å². The molecule has 0 saturated heterocycles. The Morgan fingerprint density at radius 3 is 1.07 bits per heavy atom. The molecule has 4 heteroatoms. The van der Waals surface area contributed by atoms with Gasteiger partial charge in [-0.25, -0.2) is 0 Å². The Hall–Kier alpha value is -6.82. The second-order valence-electron chi connectivity index (χ2n) is 9.96. The highest BCUT2D eigenvalue weighted by Crippen LogP contribution is 2.23. The minimum Gasteiger partial charge on any atom is -0.192 e. The Labute approximate surface area is 257 Å². The number of nitrogens with zero attached hydrogens (tertiary/aromatic N) is 4. The standard InChI is InChI=1S/C40H22N4/c41-25-37-23-35(39(27-43)21-33(37)17-15-29-7-3-1-4-8-29)19-31-11-13-32(14-12-31)20-36-24-38(26-42)34(22-40(36)28-44)18-16-30-9-5-2-6-10-30/h1-14,21-24H,19-20H2. The van der Waals surface area contributed by atoms with Gasteiger partial charge in [-0.2, -0.15) is 21.0 Å². The van der Waals surface area contributed by atoms with Crippen molar-refractivity contribution < 1.29 is 0 Å². The van der Waals surface area contributed by atoms with Gasteiger partial charge in [-0.15, -0.1) is 0 Å². The molecule has 202 valence electrons. The molecule has 0 aliphatic heterocycles. The van der Waals surface area contributed by atoms with E-state index in [1.165, 1.54) is 0 Å². The van der Waals surface area contributed by atoms with Gasteiger partial charge in [-0.1, -0.05) is 84.3 Å². The largest absolute Gasteiger partial charge is 0.192 e. The average Bonchev–Trinajstić information content (AvgIpc) is 3.08. The zero-order valence-corrected chi connectivity index (χ0v) is 23.6. The molecule has 0 heterocycles. The summed E-state index contributed by atoms with van der Waals surface area (Å²) in [6.45, 7) is 0. The van der Waals surface area contributed by atoms with Crippen LogP contribution in [0.1, 0.15) is 66.8 Å². The van der Waals surface area contributed by atoms with E-state index < -0.39 is 0 Å². The highest BCUT2D eigenvalue weighted by Gasteiger charge is 2.12. The first-order chi connectivity index (χ1) is 21.6. The van der Waals surface area contributed by atoms with Crippen LogP contribution >= 0.6 is 0 Å². The van der Waals surface area contributed by atoms with E-state index in [9.17, 15) is 21.0 Å². The van der Waals surface area contributed by atoms with E-state index in [0.717, 1.165) is 33.4 Å². The Balaban J connectivity index is 1.36. The van der Waals surface area contributed by atoms with E-state index in [4.69, 9.17) is 0 Å². The summed E-state index contributed by atoms with van der Waals surface area (Å²) in [6, 6.07) is 42.7. The number of hydrogen-bond donors (Lipinski definition) is 0. The van der Waals surface area contributed by atoms with Crippen molar-refractivity contribution in [2.75, 3.05) is 0 Å². The summed E-state index contributed by atoms with van der Waals surface area (Å²) in [6.07, 6.45) is 0.947. The molecule has 0 aliphatic rings. The van der Waals surface area contributed by atoms with Crippen LogP contribution < -0.4 is 0 Å². The van der Waals surface area contributed by atoms with Gasteiger partial charge >= 0.3 is 0 Å². The molecule has 0 aromatic heterocycles. The molecule has 5 aromatic carbocycles. The monoisotopic (exact) mass is 558 g/mol. The zero-order valence-electron chi connectivity index (χ0n) is 23.6. The average molecular weight is 559 g/mol. The van der Waals surface area contributed by atoms with E-state index >= 15 is 0 Å². The summed E-state index contributed by atoms with van der Waals surface area (Å²) in [7, 11) is 0. The number of benzene rings is 5. The van der Waals surface area contributed by atoms with Crippen LogP contribution in [0.4, 0.5) is 0 Å². The molecular formula is C40H22N4. The maximum absolute atomic E-state index is 9.84. The lowest BCUT2D eigenvalue weighted by molar-refractivity contribution is 1.13. The third-order valence-corrected chi connectivity index (χ3v) is 7.01. The summed E-state index contributed by atoms with van der Waals surface area (Å²) in [5.41, 5.74) is 7.95. The van der Waals surface area contributed by atoms with Crippen LogP contribution in [0.25, 0.3) is 0 Å². The van der Waals surface area contributed by atoms with Crippen LogP contribution in [-0.4, -0.2) is 0 Å². The second-order valence-corrected chi connectivity index (χ2v) is 9.96. The van der Waals surface area contributed by atoms with Gasteiger partial charge in [0.05, 0.1) is 34.4 Å². The maximum Gasteiger partial charge on any atom is 0.100 e. The van der Waals surface area contributed by atoms with Gasteiger partial charge in [0.15, 0.2) is 0 Å². The van der Waals surface area contributed by atoms with Crippen LogP contribution in [-0.2, 0) is 12.8 Å². The van der Waals surface area contributed by atoms with Gasteiger partial charge < -0.3 is 0 Å². The summed E-state index contributed by atoms with van der Waals surface area (Å²) in [5, 5.41) is 39.2. The maximum atomic E-state index is 9.84. The third kappa shape index (κ3) is 6.90. The van der Waals surface area contributed by atoms with Gasteiger partial charge in [-0.05, 0) is 83.6 Å². The van der Waals surface area contributed by atoms with E-state index in [1.807, 2.05) is 84.9 Å². The van der Waals surface area contributed by atoms with Crippen molar-refractivity contribution in [1.29, 1.82) is 21.0 Å². The molecular weight excluding hydrogens is 536 g/mol. The fraction of sp³-hybridized carbons (Fsp3) is 0.0500. The third-order valence-electron chi connectivity index (χ3n) is 7.01. The van der Waals surface area contributed by atoms with Crippen molar-refractivity contribution in [3.05, 3.63) is 176 Å². The van der Waals surface area contributed by atoms with Crippen molar-refractivity contribution in [3.8, 4) is 48.0 Å². The molecule has 5 rings (SSSR count). The van der Waals surface area contributed by atoms with E-state index in [1.54, 1.807) is 24.3 Å². The molecule has 0 atom stereocenters. The van der Waals surface area contributed by atoms with Gasteiger partial charge in [0.2, 0.25) is 0 Å². The van der Waals surface area contributed by atoms with Crippen LogP contribution in [0.5, 0.6) is 0 Å². The summed E-state index contributed by atoms with van der Waals surface area (Å²) < 4.78 is 0. The smallest absolute Gasteiger partial charge is 0.100 e. The van der Waals surface area contributed by atoms with Crippen molar-refractivity contribution in [1.82, 2.24) is 0 Å². The van der Waals surface area contributed by atoms with Crippen LogP contribution in [0.15, 0.2) is 109 Å². The van der Waals surface area contributed by atoms with Crippen molar-refractivity contribution in [3.63, 3.8) is 0 Å². The molecule has 0 aliphatic carbocycles. The van der Waals surface area contributed by atoms with Gasteiger partial charge in [-0.3, -0.25) is 0 Å². The first-order valence-corrected chi connectivity index (χ1v) is 13.8. The van der Waals surface area contributed by atoms with E-state index in [-0.39, 0.29) is 0 Å². The molecule has 0 spiro atoms. The SMILES string of the molecule is N#Cc1cc(Cc2ccc(Cc3cc(C#N)c(C#Cc4ccccc4)cc3C#N)cc2)c(C#N)cc1C#Cc1ccccc1. The fourth-order valence-electron chi connectivity index (χ4n) is 4.72. The quantitative estimate of drug-likeness (QED) is 0.219. The highest BCUT2D eigenvalue weighted by molar-refractivity contribution is 5.59. The molecule has 0 unspecified atom stereocenters. The molecule has 0 fully saturated rings.